The molecule has 2 heterocycles. The van der Waals surface area contributed by atoms with Gasteiger partial charge in [-0.3, -0.25) is 0 Å². The predicted molar refractivity (Wildman–Crippen MR) is 79.1 cm³/mol. The quantitative estimate of drug-likeness (QED) is 0.705. The van der Waals surface area contributed by atoms with E-state index in [0.29, 0.717) is 13.2 Å². The van der Waals surface area contributed by atoms with Crippen LogP contribution in [0.2, 0.25) is 0 Å². The second kappa shape index (κ2) is 6.28. The number of aromatic amines is 1. The smallest absolute Gasteiger partial charge is 0.138 e. The maximum absolute atomic E-state index is 5.66. The molecule has 0 bridgehead atoms. The maximum Gasteiger partial charge on any atom is 0.138 e. The first-order valence-electron chi connectivity index (χ1n) is 6.68. The second-order valence-electron chi connectivity index (χ2n) is 4.46. The lowest BCUT2D eigenvalue weighted by Crippen LogP contribution is -2.04. The molecule has 0 fully saturated rings. The Hall–Kier alpha value is -2.53. The number of methoxy groups -OCH3 is 1. The summed E-state index contributed by atoms with van der Waals surface area (Å²) in [6, 6.07) is 9.63. The van der Waals surface area contributed by atoms with Gasteiger partial charge < -0.3 is 18.9 Å². The van der Waals surface area contributed by atoms with Crippen molar-refractivity contribution < 1.29 is 13.9 Å². The van der Waals surface area contributed by atoms with Gasteiger partial charge in [0.15, 0.2) is 0 Å². The van der Waals surface area contributed by atoms with E-state index in [0.717, 1.165) is 28.5 Å². The van der Waals surface area contributed by atoms with E-state index in [9.17, 15) is 0 Å². The first kappa shape index (κ1) is 13.5. The lowest BCUT2D eigenvalue weighted by molar-refractivity contribution is 0.146. The van der Waals surface area contributed by atoms with Crippen molar-refractivity contribution in [2.24, 2.45) is 0 Å². The minimum absolute atomic E-state index is 0.508. The molecule has 5 heteroatoms. The van der Waals surface area contributed by atoms with Crippen molar-refractivity contribution in [1.29, 1.82) is 0 Å². The van der Waals surface area contributed by atoms with Crippen molar-refractivity contribution >= 4 is 0 Å². The van der Waals surface area contributed by atoms with Crippen LogP contribution in [-0.4, -0.2) is 30.3 Å². The highest BCUT2D eigenvalue weighted by Crippen LogP contribution is 2.33. The molecule has 0 aliphatic heterocycles. The standard InChI is InChI=1S/C16H16N2O3/c1-19-9-10-20-12-4-5-13(15-3-2-8-21-15)14(11-12)16-17-6-7-18-16/h2-8,11H,9-10H2,1H3,(H,17,18). The molecule has 1 aromatic carbocycles. The van der Waals surface area contributed by atoms with Gasteiger partial charge in [-0.1, -0.05) is 0 Å². The number of nitrogens with zero attached hydrogens (tertiary/aromatic N) is 1. The van der Waals surface area contributed by atoms with Gasteiger partial charge in [0.1, 0.15) is 23.9 Å². The van der Waals surface area contributed by atoms with E-state index in [4.69, 9.17) is 13.9 Å². The summed E-state index contributed by atoms with van der Waals surface area (Å²) in [4.78, 5) is 7.43. The Kier molecular flexibility index (Phi) is 4.02. The molecule has 5 nitrogen and oxygen atoms in total. The minimum atomic E-state index is 0.508. The number of rotatable bonds is 6. The monoisotopic (exact) mass is 284 g/mol. The lowest BCUT2D eigenvalue weighted by Gasteiger charge is -2.10. The average molecular weight is 284 g/mol. The molecule has 0 spiro atoms. The highest BCUT2D eigenvalue weighted by Gasteiger charge is 2.13. The third-order valence-corrected chi connectivity index (χ3v) is 3.09. The summed E-state index contributed by atoms with van der Waals surface area (Å²) in [5.74, 6) is 2.34. The number of aromatic nitrogens is 2. The van der Waals surface area contributed by atoms with E-state index in [1.165, 1.54) is 0 Å². The molecule has 0 unspecified atom stereocenters. The number of imidazole rings is 1. The zero-order valence-corrected chi connectivity index (χ0v) is 11.7. The van der Waals surface area contributed by atoms with Crippen LogP contribution in [0, 0.1) is 0 Å². The van der Waals surface area contributed by atoms with Gasteiger partial charge in [-0.25, -0.2) is 4.98 Å². The molecule has 108 valence electrons. The molecule has 0 aliphatic carbocycles. The zero-order chi connectivity index (χ0) is 14.5. The molecular formula is C16H16N2O3. The van der Waals surface area contributed by atoms with E-state index in [1.54, 1.807) is 25.8 Å². The van der Waals surface area contributed by atoms with E-state index in [1.807, 2.05) is 30.3 Å². The van der Waals surface area contributed by atoms with E-state index in [2.05, 4.69) is 9.97 Å². The molecule has 3 rings (SSSR count). The first-order valence-corrected chi connectivity index (χ1v) is 6.68. The predicted octanol–water partition coefficient (Wildman–Crippen LogP) is 3.36. The maximum atomic E-state index is 5.66. The lowest BCUT2D eigenvalue weighted by atomic mass is 10.0. The van der Waals surface area contributed by atoms with Crippen LogP contribution < -0.4 is 4.74 Å². The summed E-state index contributed by atoms with van der Waals surface area (Å²) < 4.78 is 16.1. The molecule has 0 radical (unpaired) electrons. The minimum Gasteiger partial charge on any atom is -0.491 e. The molecule has 0 aliphatic rings. The molecule has 0 atom stereocenters. The molecule has 21 heavy (non-hydrogen) atoms. The van der Waals surface area contributed by atoms with Gasteiger partial charge in [0.2, 0.25) is 0 Å². The van der Waals surface area contributed by atoms with Crippen molar-refractivity contribution in [1.82, 2.24) is 9.97 Å². The summed E-state index contributed by atoms with van der Waals surface area (Å²) in [5.41, 5.74) is 1.90. The Morgan fingerprint density at radius 2 is 2.14 bits per heavy atom. The molecular weight excluding hydrogens is 268 g/mol. The Bertz CT molecular complexity index is 676. The van der Waals surface area contributed by atoms with Crippen LogP contribution in [-0.2, 0) is 4.74 Å². The van der Waals surface area contributed by atoms with Gasteiger partial charge in [-0.05, 0) is 30.3 Å². The normalized spacial score (nSPS) is 10.7. The molecule has 0 amide bonds. The Morgan fingerprint density at radius 1 is 1.19 bits per heavy atom. The summed E-state index contributed by atoms with van der Waals surface area (Å²) in [5, 5.41) is 0. The van der Waals surface area contributed by atoms with Crippen LogP contribution in [0.5, 0.6) is 5.75 Å². The Morgan fingerprint density at radius 3 is 2.86 bits per heavy atom. The van der Waals surface area contributed by atoms with Crippen LogP contribution >= 0.6 is 0 Å². The number of furan rings is 1. The third-order valence-electron chi connectivity index (χ3n) is 3.09. The highest BCUT2D eigenvalue weighted by molar-refractivity contribution is 5.79. The fraction of sp³-hybridized carbons (Fsp3) is 0.188. The molecule has 3 aromatic rings. The van der Waals surface area contributed by atoms with Crippen molar-refractivity contribution in [2.45, 2.75) is 0 Å². The Labute approximate surface area is 122 Å². The summed E-state index contributed by atoms with van der Waals surface area (Å²) in [7, 11) is 1.65. The van der Waals surface area contributed by atoms with E-state index >= 15 is 0 Å². The van der Waals surface area contributed by atoms with Crippen LogP contribution in [0.4, 0.5) is 0 Å². The van der Waals surface area contributed by atoms with E-state index in [-0.39, 0.29) is 0 Å². The largest absolute Gasteiger partial charge is 0.491 e. The average Bonchev–Trinajstić information content (AvgIpc) is 3.21. The fourth-order valence-corrected chi connectivity index (χ4v) is 2.11. The van der Waals surface area contributed by atoms with Gasteiger partial charge >= 0.3 is 0 Å². The van der Waals surface area contributed by atoms with Gasteiger partial charge in [-0.2, -0.15) is 0 Å². The second-order valence-corrected chi connectivity index (χ2v) is 4.46. The highest BCUT2D eigenvalue weighted by atomic mass is 16.5. The van der Waals surface area contributed by atoms with Gasteiger partial charge in [0.25, 0.3) is 0 Å². The van der Waals surface area contributed by atoms with Crippen molar-refractivity contribution in [3.05, 3.63) is 49.0 Å². The molecule has 0 saturated carbocycles. The Balaban J connectivity index is 1.97. The SMILES string of the molecule is COCCOc1ccc(-c2ccco2)c(-c2ncc[nH]2)c1. The zero-order valence-electron chi connectivity index (χ0n) is 11.7. The van der Waals surface area contributed by atoms with Gasteiger partial charge in [-0.15, -0.1) is 0 Å². The van der Waals surface area contributed by atoms with Crippen LogP contribution in [0.3, 0.4) is 0 Å². The fourth-order valence-electron chi connectivity index (χ4n) is 2.11. The van der Waals surface area contributed by atoms with Gasteiger partial charge in [0.05, 0.1) is 12.9 Å². The van der Waals surface area contributed by atoms with Crippen molar-refractivity contribution in [3.63, 3.8) is 0 Å². The van der Waals surface area contributed by atoms with Crippen LogP contribution in [0.15, 0.2) is 53.4 Å². The first-order chi connectivity index (χ1) is 10.4. The van der Waals surface area contributed by atoms with E-state index < -0.39 is 0 Å². The third kappa shape index (κ3) is 2.98. The summed E-state index contributed by atoms with van der Waals surface area (Å²) in [6.45, 7) is 1.06. The number of hydrogen-bond donors (Lipinski definition) is 1. The topological polar surface area (TPSA) is 60.3 Å². The molecule has 2 aromatic heterocycles. The number of H-pyrrole nitrogens is 1. The number of ether oxygens (including phenoxy) is 2. The number of benzene rings is 1. The van der Waals surface area contributed by atoms with Crippen molar-refractivity contribution in [3.8, 4) is 28.5 Å². The van der Waals surface area contributed by atoms with Crippen molar-refractivity contribution in [2.75, 3.05) is 20.3 Å². The van der Waals surface area contributed by atoms with Crippen LogP contribution in [0.25, 0.3) is 22.7 Å². The summed E-state index contributed by atoms with van der Waals surface area (Å²) in [6.07, 6.45) is 5.17. The number of nitrogens with one attached hydrogen (secondary N) is 1. The van der Waals surface area contributed by atoms with Gasteiger partial charge in [0, 0.05) is 30.6 Å². The molecule has 1 N–H and O–H groups in total. The van der Waals surface area contributed by atoms with Crippen LogP contribution in [0.1, 0.15) is 0 Å². The molecule has 0 saturated heterocycles. The summed E-state index contributed by atoms with van der Waals surface area (Å²) >= 11 is 0. The number of hydrogen-bond acceptors (Lipinski definition) is 4.